The van der Waals surface area contributed by atoms with E-state index in [9.17, 15) is 0 Å². The molecule has 1 N–H and O–H groups in total. The summed E-state index contributed by atoms with van der Waals surface area (Å²) in [5.41, 5.74) is 2.64. The molecule has 2 aliphatic rings. The van der Waals surface area contributed by atoms with Crippen molar-refractivity contribution in [3.8, 4) is 0 Å². The third kappa shape index (κ3) is 1.70. The molecule has 0 bridgehead atoms. The fourth-order valence-corrected chi connectivity index (χ4v) is 3.23. The minimum Gasteiger partial charge on any atom is -0.345 e. The third-order valence-electron chi connectivity index (χ3n) is 4.34. The third-order valence-corrected chi connectivity index (χ3v) is 4.34. The van der Waals surface area contributed by atoms with Gasteiger partial charge in [0.25, 0.3) is 5.78 Å². The molecule has 0 amide bonds. The van der Waals surface area contributed by atoms with Gasteiger partial charge in [0.05, 0.1) is 38.9 Å². The van der Waals surface area contributed by atoms with Crippen molar-refractivity contribution in [3.63, 3.8) is 0 Å². The van der Waals surface area contributed by atoms with E-state index in [2.05, 4.69) is 27.0 Å². The Labute approximate surface area is 112 Å². The maximum Gasteiger partial charge on any atom is 0.254 e. The smallest absolute Gasteiger partial charge is 0.254 e. The quantitative estimate of drug-likeness (QED) is 0.710. The molecule has 6 nitrogen and oxygen atoms in total. The Morgan fingerprint density at radius 2 is 2.05 bits per heavy atom. The van der Waals surface area contributed by atoms with Gasteiger partial charge in [0.2, 0.25) is 0 Å². The van der Waals surface area contributed by atoms with Crippen molar-refractivity contribution >= 4 is 11.6 Å². The summed E-state index contributed by atoms with van der Waals surface area (Å²) in [6.07, 6.45) is 5.04. The van der Waals surface area contributed by atoms with Gasteiger partial charge in [-0.1, -0.05) is 0 Å². The highest BCUT2D eigenvalue weighted by atomic mass is 15.4. The molecule has 0 saturated carbocycles. The summed E-state index contributed by atoms with van der Waals surface area (Å²) >= 11 is 0. The van der Waals surface area contributed by atoms with Crippen LogP contribution in [-0.4, -0.2) is 52.8 Å². The highest BCUT2D eigenvalue weighted by Gasteiger charge is 2.27. The van der Waals surface area contributed by atoms with E-state index < -0.39 is 0 Å². The van der Waals surface area contributed by atoms with Crippen molar-refractivity contribution in [3.05, 3.63) is 17.6 Å². The predicted octanol–water partition coefficient (Wildman–Crippen LogP) is -1.05. The lowest BCUT2D eigenvalue weighted by Crippen LogP contribution is -3.12. The van der Waals surface area contributed by atoms with Crippen LogP contribution >= 0.6 is 0 Å². The molecule has 1 aliphatic carbocycles. The maximum atomic E-state index is 4.64. The first-order valence-electron chi connectivity index (χ1n) is 7.10. The predicted molar refractivity (Wildman–Crippen MR) is 71.6 cm³/mol. The lowest BCUT2D eigenvalue weighted by Gasteiger charge is -2.32. The number of nitrogens with zero attached hydrogens (tertiary/aromatic N) is 5. The summed E-state index contributed by atoms with van der Waals surface area (Å²) in [4.78, 5) is 13.0. The van der Waals surface area contributed by atoms with Crippen LogP contribution in [0.15, 0.2) is 6.33 Å². The number of quaternary nitrogens is 1. The largest absolute Gasteiger partial charge is 0.345 e. The van der Waals surface area contributed by atoms with E-state index in [4.69, 9.17) is 0 Å². The van der Waals surface area contributed by atoms with Crippen LogP contribution in [0.2, 0.25) is 0 Å². The first kappa shape index (κ1) is 11.2. The number of aromatic nitrogens is 4. The molecule has 0 radical (unpaired) electrons. The molecule has 1 saturated heterocycles. The van der Waals surface area contributed by atoms with Crippen LogP contribution < -0.4 is 9.80 Å². The number of aryl methyl sites for hydroxylation is 1. The van der Waals surface area contributed by atoms with E-state index in [0.29, 0.717) is 0 Å². The van der Waals surface area contributed by atoms with Gasteiger partial charge in [-0.2, -0.15) is 14.6 Å². The Morgan fingerprint density at radius 1 is 1.21 bits per heavy atom. The molecule has 2 aromatic rings. The summed E-state index contributed by atoms with van der Waals surface area (Å²) in [5.74, 6) is 2.00. The zero-order chi connectivity index (χ0) is 12.8. The molecule has 1 fully saturated rings. The first-order valence-corrected chi connectivity index (χ1v) is 7.10. The number of rotatable bonds is 1. The van der Waals surface area contributed by atoms with Crippen molar-refractivity contribution in [2.45, 2.75) is 19.3 Å². The van der Waals surface area contributed by atoms with E-state index in [1.54, 1.807) is 11.2 Å². The van der Waals surface area contributed by atoms with Crippen LogP contribution in [0, 0.1) is 0 Å². The van der Waals surface area contributed by atoms with E-state index in [-0.39, 0.29) is 0 Å². The van der Waals surface area contributed by atoms with Gasteiger partial charge < -0.3 is 9.80 Å². The van der Waals surface area contributed by atoms with Gasteiger partial charge in [-0.15, -0.1) is 0 Å². The highest BCUT2D eigenvalue weighted by molar-refractivity contribution is 5.56. The Morgan fingerprint density at radius 3 is 2.89 bits per heavy atom. The molecule has 100 valence electrons. The second kappa shape index (κ2) is 4.16. The molecular weight excluding hydrogens is 240 g/mol. The number of likely N-dealkylation sites (N-methyl/N-ethyl adjacent to an activating group) is 1. The molecular formula is C13H19N6+. The average molecular weight is 259 g/mol. The fourth-order valence-electron chi connectivity index (χ4n) is 3.23. The normalized spacial score (nSPS) is 20.2. The summed E-state index contributed by atoms with van der Waals surface area (Å²) in [5, 5.41) is 4.38. The number of nitrogens with one attached hydrogen (secondary N) is 1. The van der Waals surface area contributed by atoms with Crippen molar-refractivity contribution in [1.29, 1.82) is 0 Å². The van der Waals surface area contributed by atoms with Crippen molar-refractivity contribution < 1.29 is 4.90 Å². The Hall–Kier alpha value is -1.69. The van der Waals surface area contributed by atoms with E-state index >= 15 is 0 Å². The number of fused-ring (bicyclic) bond motifs is 2. The van der Waals surface area contributed by atoms with E-state index in [1.807, 2.05) is 4.52 Å². The van der Waals surface area contributed by atoms with Crippen LogP contribution in [0.3, 0.4) is 0 Å². The second-order valence-corrected chi connectivity index (χ2v) is 5.63. The van der Waals surface area contributed by atoms with Crippen molar-refractivity contribution in [2.75, 3.05) is 38.1 Å². The van der Waals surface area contributed by atoms with E-state index in [0.717, 1.165) is 31.7 Å². The van der Waals surface area contributed by atoms with E-state index in [1.165, 1.54) is 36.6 Å². The van der Waals surface area contributed by atoms with Gasteiger partial charge in [0, 0.05) is 5.56 Å². The van der Waals surface area contributed by atoms with Crippen LogP contribution in [-0.2, 0) is 12.8 Å². The fraction of sp³-hybridized carbons (Fsp3) is 0.615. The van der Waals surface area contributed by atoms with Crippen LogP contribution in [0.4, 0.5) is 5.82 Å². The average Bonchev–Trinajstić information content (AvgIpc) is 3.05. The van der Waals surface area contributed by atoms with Gasteiger partial charge in [0.1, 0.15) is 12.1 Å². The molecule has 4 rings (SSSR count). The van der Waals surface area contributed by atoms with Gasteiger partial charge in [-0.05, 0) is 19.3 Å². The summed E-state index contributed by atoms with van der Waals surface area (Å²) in [6.45, 7) is 4.56. The highest BCUT2D eigenvalue weighted by Crippen LogP contribution is 2.30. The Kier molecular flexibility index (Phi) is 2.44. The van der Waals surface area contributed by atoms with Crippen LogP contribution in [0.25, 0.3) is 5.78 Å². The molecule has 6 heteroatoms. The van der Waals surface area contributed by atoms with Crippen LogP contribution in [0.5, 0.6) is 0 Å². The first-order chi connectivity index (χ1) is 9.33. The Balaban J connectivity index is 1.85. The lowest BCUT2D eigenvalue weighted by molar-refractivity contribution is -0.880. The monoisotopic (exact) mass is 259 g/mol. The Bertz CT molecular complexity index is 611. The molecule has 19 heavy (non-hydrogen) atoms. The number of hydrogen-bond acceptors (Lipinski definition) is 4. The topological polar surface area (TPSA) is 50.8 Å². The number of piperazine rings is 1. The van der Waals surface area contributed by atoms with Gasteiger partial charge in [-0.3, -0.25) is 0 Å². The second-order valence-electron chi connectivity index (χ2n) is 5.63. The zero-order valence-electron chi connectivity index (χ0n) is 11.3. The van der Waals surface area contributed by atoms with Crippen molar-refractivity contribution in [1.82, 2.24) is 19.6 Å². The molecule has 0 unspecified atom stereocenters. The van der Waals surface area contributed by atoms with Gasteiger partial charge in [0.15, 0.2) is 0 Å². The molecule has 0 aromatic carbocycles. The molecule has 2 aromatic heterocycles. The summed E-state index contributed by atoms with van der Waals surface area (Å²) in [7, 11) is 2.26. The summed E-state index contributed by atoms with van der Waals surface area (Å²) < 4.78 is 1.94. The molecule has 3 heterocycles. The maximum absolute atomic E-state index is 4.64. The van der Waals surface area contributed by atoms with Crippen molar-refractivity contribution in [2.24, 2.45) is 0 Å². The number of anilines is 1. The molecule has 0 atom stereocenters. The number of hydrogen-bond donors (Lipinski definition) is 1. The lowest BCUT2D eigenvalue weighted by atomic mass is 10.2. The van der Waals surface area contributed by atoms with Gasteiger partial charge >= 0.3 is 0 Å². The minimum atomic E-state index is 0.752. The standard InChI is InChI=1S/C13H18N6/c1-17-5-7-18(8-6-17)12-10-3-2-4-11(10)16-13-14-9-15-19(12)13/h9H,2-8H2,1H3/p+1. The molecule has 1 aliphatic heterocycles. The SMILES string of the molecule is C[NH+]1CCN(c2c3c(nc4ncnn24)CCC3)CC1. The van der Waals surface area contributed by atoms with Crippen LogP contribution in [0.1, 0.15) is 17.7 Å². The minimum absolute atomic E-state index is 0.752. The van der Waals surface area contributed by atoms with Gasteiger partial charge in [-0.25, -0.2) is 4.98 Å². The zero-order valence-corrected chi connectivity index (χ0v) is 11.3. The molecule has 0 spiro atoms. The summed E-state index contributed by atoms with van der Waals surface area (Å²) in [6, 6.07) is 0.